The third-order valence-corrected chi connectivity index (χ3v) is 2.44. The minimum absolute atomic E-state index is 0.201. The van der Waals surface area contributed by atoms with Crippen molar-refractivity contribution in [2.45, 2.75) is 19.9 Å². The van der Waals surface area contributed by atoms with Crippen LogP contribution < -0.4 is 11.1 Å². The molecule has 0 saturated heterocycles. The number of hydrogen-bond acceptors (Lipinski definition) is 5. The van der Waals surface area contributed by atoms with Gasteiger partial charge < -0.3 is 11.1 Å². The quantitative estimate of drug-likeness (QED) is 0.784. The average molecular weight is 220 g/mol. The standard InChI is InChI=1S/C10H16N6/c1-6-4-8(12-7(2)5-11)9-10(13-6)16(3)15-14-9/h4,7H,5,11H2,1-3H3,(H,12,13). The second-order valence-electron chi connectivity index (χ2n) is 3.98. The maximum Gasteiger partial charge on any atom is 0.180 e. The molecule has 1 unspecified atom stereocenters. The van der Waals surface area contributed by atoms with Gasteiger partial charge in [0.05, 0.1) is 5.69 Å². The number of fused-ring (bicyclic) bond motifs is 1. The Labute approximate surface area is 93.8 Å². The number of rotatable bonds is 3. The molecule has 1 atom stereocenters. The number of aromatic nitrogens is 4. The van der Waals surface area contributed by atoms with E-state index < -0.39 is 0 Å². The highest BCUT2D eigenvalue weighted by Crippen LogP contribution is 2.20. The zero-order valence-electron chi connectivity index (χ0n) is 9.73. The number of aryl methyl sites for hydroxylation is 2. The third-order valence-electron chi connectivity index (χ3n) is 2.44. The lowest BCUT2D eigenvalue weighted by molar-refractivity contribution is 0.729. The van der Waals surface area contributed by atoms with Crippen molar-refractivity contribution in [3.63, 3.8) is 0 Å². The van der Waals surface area contributed by atoms with Crippen LogP contribution in [0.4, 0.5) is 5.69 Å². The topological polar surface area (TPSA) is 81.6 Å². The predicted molar refractivity (Wildman–Crippen MR) is 63.2 cm³/mol. The summed E-state index contributed by atoms with van der Waals surface area (Å²) in [5, 5.41) is 11.4. The Morgan fingerprint density at radius 2 is 2.31 bits per heavy atom. The molecule has 0 bridgehead atoms. The minimum Gasteiger partial charge on any atom is -0.379 e. The Balaban J connectivity index is 2.51. The highest BCUT2D eigenvalue weighted by Gasteiger charge is 2.11. The predicted octanol–water partition coefficient (Wildman–Crippen LogP) is 0.431. The molecule has 0 aromatic carbocycles. The van der Waals surface area contributed by atoms with E-state index >= 15 is 0 Å². The van der Waals surface area contributed by atoms with Gasteiger partial charge in [0.25, 0.3) is 0 Å². The first-order valence-corrected chi connectivity index (χ1v) is 5.25. The highest BCUT2D eigenvalue weighted by atomic mass is 15.4. The fourth-order valence-corrected chi connectivity index (χ4v) is 1.56. The normalized spacial score (nSPS) is 13.0. The molecular formula is C10H16N6. The number of hydrogen-bond donors (Lipinski definition) is 2. The van der Waals surface area contributed by atoms with Crippen LogP contribution in [0.3, 0.4) is 0 Å². The Hall–Kier alpha value is -1.69. The molecule has 0 aliphatic heterocycles. The van der Waals surface area contributed by atoms with Gasteiger partial charge in [-0.15, -0.1) is 5.10 Å². The molecule has 2 rings (SSSR count). The summed E-state index contributed by atoms with van der Waals surface area (Å²) in [4.78, 5) is 4.40. The van der Waals surface area contributed by atoms with Gasteiger partial charge in [-0.2, -0.15) is 0 Å². The van der Waals surface area contributed by atoms with Crippen LogP contribution in [0.1, 0.15) is 12.6 Å². The van der Waals surface area contributed by atoms with Crippen LogP contribution in [0, 0.1) is 6.92 Å². The molecule has 0 aliphatic carbocycles. The first-order chi connectivity index (χ1) is 7.61. The van der Waals surface area contributed by atoms with E-state index in [9.17, 15) is 0 Å². The van der Waals surface area contributed by atoms with Gasteiger partial charge in [0.1, 0.15) is 0 Å². The van der Waals surface area contributed by atoms with E-state index in [-0.39, 0.29) is 6.04 Å². The molecule has 0 spiro atoms. The first kappa shape index (κ1) is 10.8. The molecule has 2 heterocycles. The molecule has 0 radical (unpaired) electrons. The van der Waals surface area contributed by atoms with Crippen molar-refractivity contribution in [1.29, 1.82) is 0 Å². The maximum atomic E-state index is 5.59. The van der Waals surface area contributed by atoms with E-state index in [1.807, 2.05) is 27.0 Å². The van der Waals surface area contributed by atoms with Crippen LogP contribution in [0.5, 0.6) is 0 Å². The average Bonchev–Trinajstić information content (AvgIpc) is 2.60. The fourth-order valence-electron chi connectivity index (χ4n) is 1.56. The van der Waals surface area contributed by atoms with Gasteiger partial charge >= 0.3 is 0 Å². The lowest BCUT2D eigenvalue weighted by atomic mass is 10.2. The summed E-state index contributed by atoms with van der Waals surface area (Å²) in [6.07, 6.45) is 0. The van der Waals surface area contributed by atoms with Crippen molar-refractivity contribution < 1.29 is 0 Å². The summed E-state index contributed by atoms with van der Waals surface area (Å²) >= 11 is 0. The second kappa shape index (κ2) is 4.05. The van der Waals surface area contributed by atoms with Gasteiger partial charge in [-0.3, -0.25) is 0 Å². The molecule has 16 heavy (non-hydrogen) atoms. The summed E-state index contributed by atoms with van der Waals surface area (Å²) in [5.41, 5.74) is 9.03. The van der Waals surface area contributed by atoms with Crippen molar-refractivity contribution in [1.82, 2.24) is 20.0 Å². The molecular weight excluding hydrogens is 204 g/mol. The summed E-state index contributed by atoms with van der Waals surface area (Å²) in [6, 6.07) is 2.16. The summed E-state index contributed by atoms with van der Waals surface area (Å²) in [5.74, 6) is 0. The fraction of sp³-hybridized carbons (Fsp3) is 0.500. The van der Waals surface area contributed by atoms with Crippen molar-refractivity contribution in [2.75, 3.05) is 11.9 Å². The molecule has 2 aromatic rings. The molecule has 3 N–H and O–H groups in total. The first-order valence-electron chi connectivity index (χ1n) is 5.25. The Morgan fingerprint density at radius 3 is 3.00 bits per heavy atom. The summed E-state index contributed by atoms with van der Waals surface area (Å²) in [6.45, 7) is 4.55. The van der Waals surface area contributed by atoms with E-state index in [0.717, 1.165) is 22.5 Å². The molecule has 6 nitrogen and oxygen atoms in total. The summed E-state index contributed by atoms with van der Waals surface area (Å²) in [7, 11) is 1.83. The SMILES string of the molecule is Cc1cc(NC(C)CN)c2nnn(C)c2n1. The van der Waals surface area contributed by atoms with Crippen LogP contribution in [0.25, 0.3) is 11.2 Å². The lowest BCUT2D eigenvalue weighted by Crippen LogP contribution is -2.25. The van der Waals surface area contributed by atoms with Crippen LogP contribution >= 0.6 is 0 Å². The smallest absolute Gasteiger partial charge is 0.180 e. The molecule has 0 amide bonds. The molecule has 0 fully saturated rings. The van der Waals surface area contributed by atoms with Gasteiger partial charge in [0.15, 0.2) is 11.2 Å². The zero-order chi connectivity index (χ0) is 11.7. The van der Waals surface area contributed by atoms with Gasteiger partial charge in [-0.1, -0.05) is 5.21 Å². The van der Waals surface area contributed by atoms with Crippen molar-refractivity contribution in [3.05, 3.63) is 11.8 Å². The highest BCUT2D eigenvalue weighted by molar-refractivity contribution is 5.85. The van der Waals surface area contributed by atoms with E-state index in [1.165, 1.54) is 0 Å². The van der Waals surface area contributed by atoms with E-state index in [2.05, 4.69) is 20.6 Å². The molecule has 2 aromatic heterocycles. The molecule has 86 valence electrons. The van der Waals surface area contributed by atoms with Crippen molar-refractivity contribution in [3.8, 4) is 0 Å². The summed E-state index contributed by atoms with van der Waals surface area (Å²) < 4.78 is 1.67. The Kier molecular flexibility index (Phi) is 2.74. The van der Waals surface area contributed by atoms with E-state index in [1.54, 1.807) is 4.68 Å². The van der Waals surface area contributed by atoms with E-state index in [0.29, 0.717) is 6.54 Å². The number of nitrogens with two attached hydrogens (primary N) is 1. The van der Waals surface area contributed by atoms with Crippen LogP contribution in [-0.2, 0) is 7.05 Å². The number of anilines is 1. The zero-order valence-corrected chi connectivity index (χ0v) is 9.73. The van der Waals surface area contributed by atoms with Crippen LogP contribution in [0.2, 0.25) is 0 Å². The Morgan fingerprint density at radius 1 is 1.56 bits per heavy atom. The number of nitrogens with zero attached hydrogens (tertiary/aromatic N) is 4. The Bertz CT molecular complexity index is 503. The second-order valence-corrected chi connectivity index (χ2v) is 3.98. The number of nitrogens with one attached hydrogen (secondary N) is 1. The molecule has 6 heteroatoms. The largest absolute Gasteiger partial charge is 0.379 e. The van der Waals surface area contributed by atoms with Gasteiger partial charge in [-0.05, 0) is 19.9 Å². The third kappa shape index (κ3) is 1.83. The molecule has 0 saturated carbocycles. The van der Waals surface area contributed by atoms with Crippen molar-refractivity contribution in [2.24, 2.45) is 12.8 Å². The number of pyridine rings is 1. The molecule has 0 aliphatic rings. The monoisotopic (exact) mass is 220 g/mol. The van der Waals surface area contributed by atoms with Gasteiger partial charge in [-0.25, -0.2) is 9.67 Å². The minimum atomic E-state index is 0.201. The van der Waals surface area contributed by atoms with Crippen LogP contribution in [-0.4, -0.2) is 32.6 Å². The van der Waals surface area contributed by atoms with Gasteiger partial charge in [0, 0.05) is 25.3 Å². The van der Waals surface area contributed by atoms with Crippen LogP contribution in [0.15, 0.2) is 6.07 Å². The van der Waals surface area contributed by atoms with Crippen molar-refractivity contribution >= 4 is 16.9 Å². The van der Waals surface area contributed by atoms with E-state index in [4.69, 9.17) is 5.73 Å². The maximum absolute atomic E-state index is 5.59. The lowest BCUT2D eigenvalue weighted by Gasteiger charge is -2.13. The van der Waals surface area contributed by atoms with Gasteiger partial charge in [0.2, 0.25) is 0 Å².